The van der Waals surface area contributed by atoms with Crippen LogP contribution in [-0.4, -0.2) is 51.4 Å². The van der Waals surface area contributed by atoms with Crippen molar-refractivity contribution in [3.05, 3.63) is 42.0 Å². The van der Waals surface area contributed by atoms with E-state index < -0.39 is 9.84 Å². The normalized spacial score (nSPS) is 19.3. The van der Waals surface area contributed by atoms with Gasteiger partial charge >= 0.3 is 0 Å². The molecule has 1 saturated heterocycles. The second kappa shape index (κ2) is 9.20. The first-order chi connectivity index (χ1) is 14.4. The molecule has 0 amide bonds. The van der Waals surface area contributed by atoms with Crippen LogP contribution >= 0.6 is 11.8 Å². The van der Waals surface area contributed by atoms with Crippen LogP contribution in [0.1, 0.15) is 31.7 Å². The molecule has 0 saturated carbocycles. The highest BCUT2D eigenvalue weighted by molar-refractivity contribution is 7.99. The smallest absolute Gasteiger partial charge is 0.210 e. The average Bonchev–Trinajstić information content (AvgIpc) is 3.15. The van der Waals surface area contributed by atoms with Crippen LogP contribution in [0.4, 0.5) is 5.69 Å². The Hall–Kier alpha value is -1.70. The number of hydrogen-bond donors (Lipinski definition) is 1. The third-order valence-electron chi connectivity index (χ3n) is 5.86. The van der Waals surface area contributed by atoms with Crippen LogP contribution in [0.3, 0.4) is 0 Å². The first kappa shape index (κ1) is 21.5. The highest BCUT2D eigenvalue weighted by atomic mass is 32.2. The van der Waals surface area contributed by atoms with Gasteiger partial charge in [-0.05, 0) is 75.5 Å². The van der Waals surface area contributed by atoms with Gasteiger partial charge in [-0.15, -0.1) is 11.8 Å². The average molecular weight is 447 g/mol. The third-order valence-corrected chi connectivity index (χ3v) is 8.73. The molecule has 1 N–H and O–H groups in total. The van der Waals surface area contributed by atoms with Gasteiger partial charge in [0.05, 0.1) is 11.5 Å². The lowest BCUT2D eigenvalue weighted by molar-refractivity contribution is 0.228. The number of aryl methyl sites for hydroxylation is 1. The quantitative estimate of drug-likeness (QED) is 0.628. The summed E-state index contributed by atoms with van der Waals surface area (Å²) in [5.41, 5.74) is 1.88. The molecule has 2 aromatic carbocycles. The molecule has 0 aliphatic carbocycles. The number of thioether (sulfide) groups is 1. The molecule has 0 spiro atoms. The molecule has 2 heterocycles. The van der Waals surface area contributed by atoms with Crippen molar-refractivity contribution >= 4 is 27.3 Å². The van der Waals surface area contributed by atoms with Gasteiger partial charge in [0.2, 0.25) is 9.84 Å². The summed E-state index contributed by atoms with van der Waals surface area (Å²) in [6.45, 7) is 7.71. The molecule has 2 aliphatic rings. The molecule has 1 atom stereocenters. The van der Waals surface area contributed by atoms with Crippen molar-refractivity contribution in [2.45, 2.75) is 53.8 Å². The van der Waals surface area contributed by atoms with E-state index in [1.54, 1.807) is 30.0 Å². The molecule has 5 nitrogen and oxygen atoms in total. The molecule has 1 fully saturated rings. The monoisotopic (exact) mass is 446 g/mol. The maximum absolute atomic E-state index is 13.4. The van der Waals surface area contributed by atoms with Crippen LogP contribution in [0, 0.1) is 6.92 Å². The van der Waals surface area contributed by atoms with E-state index in [0.717, 1.165) is 48.0 Å². The van der Waals surface area contributed by atoms with Crippen LogP contribution in [0.2, 0.25) is 0 Å². The summed E-state index contributed by atoms with van der Waals surface area (Å²) in [7, 11) is -3.67. The lowest BCUT2D eigenvalue weighted by Crippen LogP contribution is -2.28. The second-order valence-electron chi connectivity index (χ2n) is 8.12. The SMILES string of the molecule is Cc1ccc(S(=O)(=O)c2ccc3c(c2)NCCS3)c(OCCCN2CCC[C@@H]2C)c1. The summed E-state index contributed by atoms with van der Waals surface area (Å²) in [5.74, 6) is 1.44. The summed E-state index contributed by atoms with van der Waals surface area (Å²) in [6, 6.07) is 11.3. The largest absolute Gasteiger partial charge is 0.492 e. The summed E-state index contributed by atoms with van der Waals surface area (Å²) in [5, 5.41) is 3.30. The van der Waals surface area contributed by atoms with Crippen LogP contribution < -0.4 is 10.1 Å². The number of anilines is 1. The van der Waals surface area contributed by atoms with Gasteiger partial charge in [0.1, 0.15) is 10.6 Å². The number of ether oxygens (including phenoxy) is 1. The number of hydrogen-bond acceptors (Lipinski definition) is 6. The fourth-order valence-corrected chi connectivity index (χ4v) is 6.42. The minimum absolute atomic E-state index is 0.242. The predicted octanol–water partition coefficient (Wildman–Crippen LogP) is 4.60. The number of likely N-dealkylation sites (tertiary alicyclic amines) is 1. The molecular formula is C23H30N2O3S2. The Kier molecular flexibility index (Phi) is 6.60. The second-order valence-corrected chi connectivity index (χ2v) is 11.2. The summed E-state index contributed by atoms with van der Waals surface area (Å²) < 4.78 is 32.8. The maximum Gasteiger partial charge on any atom is 0.210 e. The van der Waals surface area contributed by atoms with Crippen LogP contribution in [0.25, 0.3) is 0 Å². The first-order valence-electron chi connectivity index (χ1n) is 10.7. The topological polar surface area (TPSA) is 58.6 Å². The van der Waals surface area contributed by atoms with Gasteiger partial charge in [0.15, 0.2) is 0 Å². The zero-order valence-electron chi connectivity index (χ0n) is 17.7. The number of fused-ring (bicyclic) bond motifs is 1. The number of sulfone groups is 1. The zero-order valence-corrected chi connectivity index (χ0v) is 19.3. The highest BCUT2D eigenvalue weighted by Gasteiger charge is 2.25. The van der Waals surface area contributed by atoms with Crippen molar-refractivity contribution in [2.24, 2.45) is 0 Å². The Morgan fingerprint density at radius 2 is 2.10 bits per heavy atom. The highest BCUT2D eigenvalue weighted by Crippen LogP contribution is 2.36. The van der Waals surface area contributed by atoms with Gasteiger partial charge in [0, 0.05) is 35.5 Å². The molecule has 4 rings (SSSR count). The molecular weight excluding hydrogens is 416 g/mol. The zero-order chi connectivity index (χ0) is 21.1. The summed E-state index contributed by atoms with van der Waals surface area (Å²) in [4.78, 5) is 4.12. The Labute approximate surface area is 184 Å². The molecule has 0 unspecified atom stereocenters. The van der Waals surface area contributed by atoms with Crippen molar-refractivity contribution in [1.29, 1.82) is 0 Å². The van der Waals surface area contributed by atoms with Crippen molar-refractivity contribution in [1.82, 2.24) is 4.90 Å². The van der Waals surface area contributed by atoms with Crippen molar-refractivity contribution in [3.63, 3.8) is 0 Å². The van der Waals surface area contributed by atoms with Gasteiger partial charge in [-0.3, -0.25) is 0 Å². The number of rotatable bonds is 7. The standard InChI is InChI=1S/C23H30N2O3S2/c1-17-6-9-23(21(15-17)28-13-4-12-25-11-3-5-18(25)2)30(26,27)19-7-8-22-20(16-19)24-10-14-29-22/h6-9,15-16,18,24H,3-5,10-14H2,1-2H3/t18-/m0/s1. The molecule has 162 valence electrons. The van der Waals surface area contributed by atoms with Crippen LogP contribution in [0.15, 0.2) is 51.1 Å². The fraction of sp³-hybridized carbons (Fsp3) is 0.478. The van der Waals surface area contributed by atoms with Crippen LogP contribution in [0.5, 0.6) is 5.75 Å². The first-order valence-corrected chi connectivity index (χ1v) is 13.2. The third kappa shape index (κ3) is 4.63. The molecule has 0 bridgehead atoms. The number of benzene rings is 2. The number of nitrogens with one attached hydrogen (secondary N) is 1. The minimum atomic E-state index is -3.67. The van der Waals surface area contributed by atoms with E-state index >= 15 is 0 Å². The summed E-state index contributed by atoms with van der Waals surface area (Å²) >= 11 is 1.75. The molecule has 7 heteroatoms. The Balaban J connectivity index is 1.51. The van der Waals surface area contributed by atoms with E-state index in [9.17, 15) is 8.42 Å². The van der Waals surface area contributed by atoms with Gasteiger partial charge in [-0.25, -0.2) is 8.42 Å². The van der Waals surface area contributed by atoms with Crippen molar-refractivity contribution in [2.75, 3.05) is 37.3 Å². The van der Waals surface area contributed by atoms with Gasteiger partial charge in [0.25, 0.3) is 0 Å². The Bertz CT molecular complexity index is 1010. The molecule has 30 heavy (non-hydrogen) atoms. The Morgan fingerprint density at radius 1 is 1.23 bits per heavy atom. The number of nitrogens with zero attached hydrogens (tertiary/aromatic N) is 1. The van der Waals surface area contributed by atoms with E-state index in [1.165, 1.54) is 12.8 Å². The fourth-order valence-electron chi connectivity index (χ4n) is 4.14. The van der Waals surface area contributed by atoms with Crippen molar-refractivity contribution in [3.8, 4) is 5.75 Å². The molecule has 2 aromatic rings. The minimum Gasteiger partial charge on any atom is -0.492 e. The Morgan fingerprint density at radius 3 is 2.90 bits per heavy atom. The lowest BCUT2D eigenvalue weighted by atomic mass is 10.2. The van der Waals surface area contributed by atoms with Crippen molar-refractivity contribution < 1.29 is 13.2 Å². The molecule has 0 aromatic heterocycles. The predicted molar refractivity (Wildman–Crippen MR) is 123 cm³/mol. The molecule has 0 radical (unpaired) electrons. The van der Waals surface area contributed by atoms with E-state index in [4.69, 9.17) is 4.74 Å². The van der Waals surface area contributed by atoms with E-state index in [0.29, 0.717) is 23.3 Å². The van der Waals surface area contributed by atoms with E-state index in [1.807, 2.05) is 25.1 Å². The van der Waals surface area contributed by atoms with Gasteiger partial charge < -0.3 is 15.0 Å². The van der Waals surface area contributed by atoms with Crippen LogP contribution in [-0.2, 0) is 9.84 Å². The maximum atomic E-state index is 13.4. The van der Waals surface area contributed by atoms with E-state index in [-0.39, 0.29) is 4.90 Å². The lowest BCUT2D eigenvalue weighted by Gasteiger charge is -2.21. The van der Waals surface area contributed by atoms with E-state index in [2.05, 4.69) is 17.1 Å². The van der Waals surface area contributed by atoms with Gasteiger partial charge in [-0.1, -0.05) is 6.07 Å². The van der Waals surface area contributed by atoms with Gasteiger partial charge in [-0.2, -0.15) is 0 Å². The molecule has 2 aliphatic heterocycles. The summed E-state index contributed by atoms with van der Waals surface area (Å²) in [6.07, 6.45) is 3.41.